The Hall–Kier alpha value is -2.54. The van der Waals surface area contributed by atoms with Gasteiger partial charge in [-0.2, -0.15) is 0 Å². The average molecular weight is 823 g/mol. The van der Waals surface area contributed by atoms with Crippen LogP contribution in [0.2, 0.25) is 0 Å². The van der Waals surface area contributed by atoms with Crippen molar-refractivity contribution in [3.05, 3.63) is 11.6 Å². The van der Waals surface area contributed by atoms with Crippen molar-refractivity contribution in [3.8, 4) is 0 Å². The van der Waals surface area contributed by atoms with Crippen molar-refractivity contribution in [2.45, 2.75) is 174 Å². The molecule has 0 unspecified atom stereocenters. The molecule has 0 spiro atoms. The molecule has 58 heavy (non-hydrogen) atoms. The van der Waals surface area contributed by atoms with E-state index < -0.39 is 107 Å². The van der Waals surface area contributed by atoms with Gasteiger partial charge in [0, 0.05) is 5.92 Å². The summed E-state index contributed by atoms with van der Waals surface area (Å²) in [7, 11) is 0. The largest absolute Gasteiger partial charge is 0.481 e. The number of rotatable bonds is 7. The Morgan fingerprint density at radius 1 is 0.690 bits per heavy atom. The predicted molar refractivity (Wildman–Crippen MR) is 199 cm³/mol. The number of aliphatic carboxylic acids is 3. The van der Waals surface area contributed by atoms with Crippen LogP contribution < -0.4 is 0 Å². The maximum Gasteiger partial charge on any atom is 0.335 e. The maximum absolute atomic E-state index is 14.8. The van der Waals surface area contributed by atoms with Crippen molar-refractivity contribution in [2.75, 3.05) is 0 Å². The second-order valence-corrected chi connectivity index (χ2v) is 20.6. The maximum atomic E-state index is 14.8. The third-order valence-electron chi connectivity index (χ3n) is 17.2. The Morgan fingerprint density at radius 3 is 1.88 bits per heavy atom. The number of carbonyl (C=O) groups excluding carboxylic acids is 1. The zero-order valence-electron chi connectivity index (χ0n) is 34.4. The van der Waals surface area contributed by atoms with E-state index in [1.807, 2.05) is 26.8 Å². The van der Waals surface area contributed by atoms with E-state index >= 15 is 0 Å². The van der Waals surface area contributed by atoms with E-state index in [4.69, 9.17) is 18.9 Å². The minimum absolute atomic E-state index is 0.0217. The molecule has 0 radical (unpaired) electrons. The van der Waals surface area contributed by atoms with Gasteiger partial charge in [0.15, 0.2) is 30.6 Å². The second-order valence-electron chi connectivity index (χ2n) is 20.6. The lowest BCUT2D eigenvalue weighted by molar-refractivity contribution is -0.371. The summed E-state index contributed by atoms with van der Waals surface area (Å²) < 4.78 is 23.4. The van der Waals surface area contributed by atoms with Gasteiger partial charge in [-0.25, -0.2) is 9.59 Å². The van der Waals surface area contributed by atoms with E-state index in [0.717, 1.165) is 37.7 Å². The summed E-state index contributed by atoms with van der Waals surface area (Å²) in [5.74, 6) is -4.47. The molecule has 2 heterocycles. The van der Waals surface area contributed by atoms with Gasteiger partial charge in [0.25, 0.3) is 0 Å². The Balaban J connectivity index is 1.17. The number of carboxylic acids is 3. The van der Waals surface area contributed by atoms with E-state index in [-0.39, 0.29) is 34.4 Å². The lowest BCUT2D eigenvalue weighted by atomic mass is 9.33. The first kappa shape index (κ1) is 43.5. The molecule has 16 heteroatoms. The van der Waals surface area contributed by atoms with Gasteiger partial charge in [-0.3, -0.25) is 9.59 Å². The standard InChI is InChI=1S/C42H62O16/c1-37(2)21-8-11-42(7)31(20(43)16-18-19-17-39(4,36(53)54)13-12-38(19,3)14-15-41(18,42)6)40(21,5)10-9-22(37)55-35-30(26(47)25(46)29(57-35)33(51)52)58-34-27(48)23(44)24(45)28(56-34)32(49)50/h16,19,21-31,34-35,44-48H,8-15,17H2,1-7H3,(H,49,50)(H,51,52)(H,53,54)/t19-,21-,22-,23+,24+,25+,26+,27-,28+,29+,30-,31+,34+,35+,38+,39-,40-,41+,42+/m0/s1. The Bertz CT molecular complexity index is 1730. The number of carboxylic acid groups (broad SMARTS) is 3. The van der Waals surface area contributed by atoms with Gasteiger partial charge in [0.2, 0.25) is 0 Å². The highest BCUT2D eigenvalue weighted by atomic mass is 16.8. The number of hydrogen-bond donors (Lipinski definition) is 8. The number of allylic oxidation sites excluding steroid dienone is 2. The van der Waals surface area contributed by atoms with Crippen LogP contribution in [0.25, 0.3) is 0 Å². The third kappa shape index (κ3) is 6.25. The van der Waals surface area contributed by atoms with Crippen LogP contribution in [-0.4, -0.2) is 132 Å². The average Bonchev–Trinajstić information content (AvgIpc) is 3.13. The molecule has 8 N–H and O–H groups in total. The number of aliphatic hydroxyl groups is 5. The molecule has 0 aromatic heterocycles. The third-order valence-corrected chi connectivity index (χ3v) is 17.2. The van der Waals surface area contributed by atoms with Gasteiger partial charge in [-0.05, 0) is 110 Å². The molecular formula is C42H62O16. The van der Waals surface area contributed by atoms with E-state index in [1.165, 1.54) is 0 Å². The topological polar surface area (TPSA) is 267 Å². The van der Waals surface area contributed by atoms with Crippen LogP contribution in [0.1, 0.15) is 106 Å². The van der Waals surface area contributed by atoms with Crippen molar-refractivity contribution >= 4 is 23.7 Å². The molecule has 7 aliphatic rings. The summed E-state index contributed by atoms with van der Waals surface area (Å²) >= 11 is 0. The Morgan fingerprint density at radius 2 is 1.28 bits per heavy atom. The van der Waals surface area contributed by atoms with Crippen LogP contribution in [0, 0.1) is 50.2 Å². The van der Waals surface area contributed by atoms with Gasteiger partial charge in [0.05, 0.1) is 11.5 Å². The minimum atomic E-state index is -2.05. The molecule has 2 saturated heterocycles. The SMILES string of the molecule is CC1(C)[C@@H](O[C@@H]2O[C@@H](C(=O)O)[C@H](O)[C@@H](O)[C@@H]2O[C@H]2O[C@@H](C(=O)O)[C@H](O)[C@@H](O)[C@@H]2O)CC[C@]2(C)[C@H]3C(=O)C=C4[C@@H]5C[C@@](C)(C(=O)O)CC[C@]5(C)CC[C@@]4(C)[C@]3(C)CC[C@@H]12. The summed E-state index contributed by atoms with van der Waals surface area (Å²) in [5, 5.41) is 83.0. The van der Waals surface area contributed by atoms with E-state index in [0.29, 0.717) is 25.7 Å². The first-order valence-corrected chi connectivity index (χ1v) is 20.7. The van der Waals surface area contributed by atoms with Crippen molar-refractivity contribution in [2.24, 2.45) is 50.2 Å². The number of carbonyl (C=O) groups is 4. The zero-order valence-corrected chi connectivity index (χ0v) is 34.4. The van der Waals surface area contributed by atoms with Gasteiger partial charge >= 0.3 is 17.9 Å². The van der Waals surface area contributed by atoms with Crippen LogP contribution in [0.3, 0.4) is 0 Å². The van der Waals surface area contributed by atoms with Crippen molar-refractivity contribution in [3.63, 3.8) is 0 Å². The molecule has 5 aliphatic carbocycles. The number of fused-ring (bicyclic) bond motifs is 7. The fourth-order valence-corrected chi connectivity index (χ4v) is 13.4. The van der Waals surface area contributed by atoms with Gasteiger partial charge in [-0.15, -0.1) is 0 Å². The summed E-state index contributed by atoms with van der Waals surface area (Å²) in [6.45, 7) is 14.8. The first-order valence-electron chi connectivity index (χ1n) is 20.7. The highest BCUT2D eigenvalue weighted by Gasteiger charge is 2.71. The first-order chi connectivity index (χ1) is 26.8. The molecule has 0 bridgehead atoms. The van der Waals surface area contributed by atoms with Crippen molar-refractivity contribution in [1.82, 2.24) is 0 Å². The zero-order chi connectivity index (χ0) is 42.9. The second kappa shape index (κ2) is 14.3. The van der Waals surface area contributed by atoms with Gasteiger partial charge in [-0.1, -0.05) is 47.1 Å². The number of ether oxygens (including phenoxy) is 4. The summed E-state index contributed by atoms with van der Waals surface area (Å²) in [6, 6.07) is 0. The fraction of sp³-hybridized carbons (Fsp3) is 0.857. The lowest BCUT2D eigenvalue weighted by Crippen LogP contribution is -2.68. The lowest BCUT2D eigenvalue weighted by Gasteiger charge is -2.70. The predicted octanol–water partition coefficient (Wildman–Crippen LogP) is 2.25. The quantitative estimate of drug-likeness (QED) is 0.171. The number of aliphatic hydroxyl groups excluding tert-OH is 5. The molecule has 2 aliphatic heterocycles. The molecule has 0 amide bonds. The molecule has 16 nitrogen and oxygen atoms in total. The summed E-state index contributed by atoms with van der Waals surface area (Å²) in [4.78, 5) is 51.3. The Kier molecular flexibility index (Phi) is 10.7. The van der Waals surface area contributed by atoms with Crippen LogP contribution >= 0.6 is 0 Å². The van der Waals surface area contributed by atoms with Crippen molar-refractivity contribution in [1.29, 1.82) is 0 Å². The minimum Gasteiger partial charge on any atom is -0.481 e. The monoisotopic (exact) mass is 822 g/mol. The molecule has 19 atom stereocenters. The molecule has 7 rings (SSSR count). The highest BCUT2D eigenvalue weighted by Crippen LogP contribution is 2.75. The normalized spacial score (nSPS) is 52.6. The molecule has 0 aromatic carbocycles. The summed E-state index contributed by atoms with van der Waals surface area (Å²) in [5.41, 5.74) is -1.81. The van der Waals surface area contributed by atoms with Gasteiger partial charge < -0.3 is 59.8 Å². The molecular weight excluding hydrogens is 760 g/mol. The molecule has 0 aromatic rings. The van der Waals surface area contributed by atoms with E-state index in [1.54, 1.807) is 0 Å². The molecule has 326 valence electrons. The van der Waals surface area contributed by atoms with Gasteiger partial charge in [0.1, 0.15) is 36.6 Å². The number of hydrogen-bond acceptors (Lipinski definition) is 13. The summed E-state index contributed by atoms with van der Waals surface area (Å²) in [6.07, 6.45) is -12.2. The number of ketones is 1. The van der Waals surface area contributed by atoms with E-state index in [9.17, 15) is 60.0 Å². The Labute approximate surface area is 337 Å². The van der Waals surface area contributed by atoms with Crippen LogP contribution in [0.15, 0.2) is 11.6 Å². The molecule has 6 fully saturated rings. The van der Waals surface area contributed by atoms with Crippen LogP contribution in [0.4, 0.5) is 0 Å². The van der Waals surface area contributed by atoms with Crippen molar-refractivity contribution < 1.29 is 79.0 Å². The molecule has 4 saturated carbocycles. The smallest absolute Gasteiger partial charge is 0.335 e. The van der Waals surface area contributed by atoms with E-state index in [2.05, 4.69) is 27.7 Å². The van der Waals surface area contributed by atoms with Crippen LogP contribution in [-0.2, 0) is 38.1 Å². The highest BCUT2D eigenvalue weighted by molar-refractivity contribution is 5.95. The van der Waals surface area contributed by atoms with Crippen LogP contribution in [0.5, 0.6) is 0 Å². The fourth-order valence-electron chi connectivity index (χ4n) is 13.4.